The topological polar surface area (TPSA) is 52.7 Å². The molecule has 0 saturated carbocycles. The van der Waals surface area contributed by atoms with Crippen molar-refractivity contribution in [3.63, 3.8) is 0 Å². The summed E-state index contributed by atoms with van der Waals surface area (Å²) in [7, 11) is 1.88. The third-order valence-electron chi connectivity index (χ3n) is 4.10. The third kappa shape index (κ3) is 5.22. The Bertz CT molecular complexity index is 542. The first-order chi connectivity index (χ1) is 11.1. The van der Waals surface area contributed by atoms with Crippen LogP contribution in [0.3, 0.4) is 0 Å². The van der Waals surface area contributed by atoms with Gasteiger partial charge in [-0.05, 0) is 31.6 Å². The molecule has 0 aliphatic carbocycles. The zero-order valence-corrected chi connectivity index (χ0v) is 14.3. The summed E-state index contributed by atoms with van der Waals surface area (Å²) in [5.74, 6) is 0.249. The average molecular weight is 338 g/mol. The van der Waals surface area contributed by atoms with Crippen LogP contribution in [-0.4, -0.2) is 61.4 Å². The van der Waals surface area contributed by atoms with E-state index in [9.17, 15) is 9.59 Å². The van der Waals surface area contributed by atoms with Crippen LogP contribution in [0.15, 0.2) is 24.3 Å². The van der Waals surface area contributed by atoms with E-state index in [1.54, 1.807) is 6.07 Å². The molecular weight excluding hydrogens is 314 g/mol. The third-order valence-corrected chi connectivity index (χ3v) is 4.47. The number of rotatable bonds is 6. The molecule has 2 rings (SSSR count). The molecule has 1 aromatic rings. The first-order valence-corrected chi connectivity index (χ1v) is 8.43. The molecule has 1 N–H and O–H groups in total. The van der Waals surface area contributed by atoms with E-state index in [-0.39, 0.29) is 11.8 Å². The van der Waals surface area contributed by atoms with Crippen molar-refractivity contribution in [2.24, 2.45) is 0 Å². The van der Waals surface area contributed by atoms with Crippen molar-refractivity contribution in [3.8, 4) is 0 Å². The molecule has 0 atom stereocenters. The molecule has 23 heavy (non-hydrogen) atoms. The number of carbonyl (C=O) groups is 2. The molecule has 0 aromatic heterocycles. The van der Waals surface area contributed by atoms with Gasteiger partial charge in [0, 0.05) is 37.6 Å². The van der Waals surface area contributed by atoms with Gasteiger partial charge in [0.25, 0.3) is 0 Å². The number of halogens is 1. The van der Waals surface area contributed by atoms with Crippen LogP contribution in [0.4, 0.5) is 0 Å². The lowest BCUT2D eigenvalue weighted by molar-refractivity contribution is -0.139. The largest absolute Gasteiger partial charge is 0.339 e. The van der Waals surface area contributed by atoms with Crippen molar-refractivity contribution < 1.29 is 9.59 Å². The molecule has 1 saturated heterocycles. The first kappa shape index (κ1) is 17.8. The number of carbonyl (C=O) groups excluding carboxylic acids is 2. The molecule has 1 aliphatic heterocycles. The highest BCUT2D eigenvalue weighted by molar-refractivity contribution is 6.31. The van der Waals surface area contributed by atoms with Crippen molar-refractivity contribution >= 4 is 23.4 Å². The van der Waals surface area contributed by atoms with Crippen molar-refractivity contribution in [1.29, 1.82) is 0 Å². The highest BCUT2D eigenvalue weighted by atomic mass is 35.5. The van der Waals surface area contributed by atoms with Gasteiger partial charge in [-0.25, -0.2) is 0 Å². The molecule has 1 aromatic carbocycles. The first-order valence-electron chi connectivity index (χ1n) is 8.05. The molecule has 2 amide bonds. The number of benzene rings is 1. The monoisotopic (exact) mass is 337 g/mol. The van der Waals surface area contributed by atoms with E-state index in [1.807, 2.05) is 35.0 Å². The molecule has 0 radical (unpaired) electrons. The SMILES string of the molecule is CNCCCC(=O)N1CCN(C(=O)Cc2ccccc2Cl)CC1. The number of amides is 2. The van der Waals surface area contributed by atoms with E-state index >= 15 is 0 Å². The quantitative estimate of drug-likeness (QED) is 0.801. The summed E-state index contributed by atoms with van der Waals surface area (Å²) < 4.78 is 0. The fourth-order valence-corrected chi connectivity index (χ4v) is 2.90. The van der Waals surface area contributed by atoms with E-state index in [0.717, 1.165) is 18.5 Å². The van der Waals surface area contributed by atoms with Gasteiger partial charge in [0.2, 0.25) is 11.8 Å². The Kier molecular flexibility index (Phi) is 6.86. The molecular formula is C17H24ClN3O2. The van der Waals surface area contributed by atoms with Crippen LogP contribution in [-0.2, 0) is 16.0 Å². The smallest absolute Gasteiger partial charge is 0.227 e. The van der Waals surface area contributed by atoms with Crippen molar-refractivity contribution in [3.05, 3.63) is 34.9 Å². The Hall–Kier alpha value is -1.59. The van der Waals surface area contributed by atoms with Gasteiger partial charge < -0.3 is 15.1 Å². The predicted octanol–water partition coefficient (Wildman–Crippen LogP) is 1.55. The van der Waals surface area contributed by atoms with E-state index in [2.05, 4.69) is 5.32 Å². The summed E-state index contributed by atoms with van der Waals surface area (Å²) in [4.78, 5) is 28.1. The molecule has 6 heteroatoms. The number of nitrogens with one attached hydrogen (secondary N) is 1. The van der Waals surface area contributed by atoms with E-state index in [4.69, 9.17) is 11.6 Å². The summed E-state index contributed by atoms with van der Waals surface area (Å²) >= 11 is 6.10. The zero-order chi connectivity index (χ0) is 16.7. The molecule has 1 heterocycles. The lowest BCUT2D eigenvalue weighted by Crippen LogP contribution is -2.51. The fraction of sp³-hybridized carbons (Fsp3) is 0.529. The van der Waals surface area contributed by atoms with Gasteiger partial charge in [-0.1, -0.05) is 29.8 Å². The Morgan fingerprint density at radius 2 is 1.70 bits per heavy atom. The maximum Gasteiger partial charge on any atom is 0.227 e. The highest BCUT2D eigenvalue weighted by Crippen LogP contribution is 2.17. The minimum Gasteiger partial charge on any atom is -0.339 e. The summed E-state index contributed by atoms with van der Waals surface area (Å²) in [5.41, 5.74) is 0.852. The minimum atomic E-state index is 0.0698. The van der Waals surface area contributed by atoms with Gasteiger partial charge >= 0.3 is 0 Å². The van der Waals surface area contributed by atoms with Crippen LogP contribution in [0.2, 0.25) is 5.02 Å². The molecule has 5 nitrogen and oxygen atoms in total. The van der Waals surface area contributed by atoms with Crippen LogP contribution in [0.1, 0.15) is 18.4 Å². The van der Waals surface area contributed by atoms with Gasteiger partial charge in [0.05, 0.1) is 6.42 Å². The van der Waals surface area contributed by atoms with Gasteiger partial charge in [-0.2, -0.15) is 0 Å². The summed E-state index contributed by atoms with van der Waals surface area (Å²) in [5, 5.41) is 3.67. The second kappa shape index (κ2) is 8.89. The summed E-state index contributed by atoms with van der Waals surface area (Å²) in [6.07, 6.45) is 1.73. The van der Waals surface area contributed by atoms with Crippen molar-refractivity contribution in [2.75, 3.05) is 39.8 Å². The van der Waals surface area contributed by atoms with Gasteiger partial charge in [0.15, 0.2) is 0 Å². The van der Waals surface area contributed by atoms with Gasteiger partial charge in [-0.3, -0.25) is 9.59 Å². The Labute approximate surface area is 142 Å². The van der Waals surface area contributed by atoms with E-state index in [0.29, 0.717) is 44.0 Å². The number of piperazine rings is 1. The normalized spacial score (nSPS) is 14.9. The zero-order valence-electron chi connectivity index (χ0n) is 13.6. The standard InChI is InChI=1S/C17H24ClN3O2/c1-19-8-4-7-16(22)20-9-11-21(12-10-20)17(23)13-14-5-2-3-6-15(14)18/h2-3,5-6,19H,4,7-13H2,1H3. The van der Waals surface area contributed by atoms with E-state index < -0.39 is 0 Å². The van der Waals surface area contributed by atoms with Crippen LogP contribution in [0.5, 0.6) is 0 Å². The predicted molar refractivity (Wildman–Crippen MR) is 91.5 cm³/mol. The second-order valence-corrected chi connectivity index (χ2v) is 6.14. The molecule has 1 aliphatic rings. The van der Waals surface area contributed by atoms with Gasteiger partial charge in [-0.15, -0.1) is 0 Å². The molecule has 1 fully saturated rings. The fourth-order valence-electron chi connectivity index (χ4n) is 2.70. The Balaban J connectivity index is 1.78. The van der Waals surface area contributed by atoms with Gasteiger partial charge in [0.1, 0.15) is 0 Å². The Morgan fingerprint density at radius 1 is 1.09 bits per heavy atom. The van der Waals surface area contributed by atoms with Crippen LogP contribution >= 0.6 is 11.6 Å². The minimum absolute atomic E-state index is 0.0698. The van der Waals surface area contributed by atoms with Crippen LogP contribution < -0.4 is 5.32 Å². The lowest BCUT2D eigenvalue weighted by Gasteiger charge is -2.35. The molecule has 0 unspecified atom stereocenters. The highest BCUT2D eigenvalue weighted by Gasteiger charge is 2.24. The maximum atomic E-state index is 12.4. The Morgan fingerprint density at radius 3 is 2.30 bits per heavy atom. The molecule has 126 valence electrons. The molecule has 0 spiro atoms. The van der Waals surface area contributed by atoms with Crippen molar-refractivity contribution in [2.45, 2.75) is 19.3 Å². The summed E-state index contributed by atoms with van der Waals surface area (Å²) in [6, 6.07) is 7.42. The molecule has 0 bridgehead atoms. The van der Waals surface area contributed by atoms with Crippen LogP contribution in [0.25, 0.3) is 0 Å². The van der Waals surface area contributed by atoms with Crippen LogP contribution in [0, 0.1) is 0 Å². The van der Waals surface area contributed by atoms with E-state index in [1.165, 1.54) is 0 Å². The maximum absolute atomic E-state index is 12.4. The summed E-state index contributed by atoms with van der Waals surface area (Å²) in [6.45, 7) is 3.28. The number of nitrogens with zero attached hydrogens (tertiary/aromatic N) is 2. The van der Waals surface area contributed by atoms with Crippen molar-refractivity contribution in [1.82, 2.24) is 15.1 Å². The lowest BCUT2D eigenvalue weighted by atomic mass is 10.1. The second-order valence-electron chi connectivity index (χ2n) is 5.74. The average Bonchev–Trinajstić information content (AvgIpc) is 2.57. The number of hydrogen-bond donors (Lipinski definition) is 1. The number of hydrogen-bond acceptors (Lipinski definition) is 3.